The third kappa shape index (κ3) is 5.23. The summed E-state index contributed by atoms with van der Waals surface area (Å²) in [4.78, 5) is 19.7. The van der Waals surface area contributed by atoms with E-state index in [-0.39, 0.29) is 6.61 Å². The lowest BCUT2D eigenvalue weighted by Gasteiger charge is -2.32. The Morgan fingerprint density at radius 2 is 1.68 bits per heavy atom. The minimum Gasteiger partial charge on any atom is -0.392 e. The minimum absolute atomic E-state index is 0.00676. The second-order valence-corrected chi connectivity index (χ2v) is 9.96. The highest BCUT2D eigenvalue weighted by molar-refractivity contribution is 5.86. The van der Waals surface area contributed by atoms with Gasteiger partial charge in [-0.3, -0.25) is 0 Å². The summed E-state index contributed by atoms with van der Waals surface area (Å²) in [6.45, 7) is 6.17. The molecule has 8 nitrogen and oxygen atoms in total. The smallest absolute Gasteiger partial charge is 0.166 e. The van der Waals surface area contributed by atoms with E-state index in [9.17, 15) is 5.11 Å². The molecule has 2 aliphatic heterocycles. The summed E-state index contributed by atoms with van der Waals surface area (Å²) < 4.78 is 7.87. The number of imidazole rings is 1. The fourth-order valence-electron chi connectivity index (χ4n) is 5.46. The van der Waals surface area contributed by atoms with Crippen molar-refractivity contribution in [1.82, 2.24) is 24.4 Å². The Balaban J connectivity index is 1.27. The first-order valence-electron chi connectivity index (χ1n) is 13.3. The summed E-state index contributed by atoms with van der Waals surface area (Å²) in [6, 6.07) is 18.9. The van der Waals surface area contributed by atoms with Gasteiger partial charge in [-0.1, -0.05) is 48.5 Å². The third-order valence-corrected chi connectivity index (χ3v) is 7.59. The van der Waals surface area contributed by atoms with Gasteiger partial charge in [0.05, 0.1) is 26.1 Å². The number of aliphatic hydroxyl groups is 1. The normalized spacial score (nSPS) is 17.5. The van der Waals surface area contributed by atoms with Gasteiger partial charge in [-0.15, -0.1) is 0 Å². The van der Waals surface area contributed by atoms with Gasteiger partial charge in [0.1, 0.15) is 0 Å². The lowest BCUT2D eigenvalue weighted by Crippen LogP contribution is -2.37. The maximum absolute atomic E-state index is 9.66. The zero-order valence-corrected chi connectivity index (χ0v) is 21.2. The quantitative estimate of drug-likeness (QED) is 0.416. The molecule has 4 heterocycles. The van der Waals surface area contributed by atoms with Gasteiger partial charge in [0.25, 0.3) is 0 Å². The second kappa shape index (κ2) is 11.0. The molecule has 2 fully saturated rings. The number of morpholine rings is 1. The van der Waals surface area contributed by atoms with E-state index in [1.54, 1.807) is 0 Å². The van der Waals surface area contributed by atoms with Crippen LogP contribution in [-0.2, 0) is 17.8 Å². The van der Waals surface area contributed by atoms with E-state index in [2.05, 4.69) is 44.7 Å². The number of hydrogen-bond donors (Lipinski definition) is 1. The molecule has 2 aromatic carbocycles. The van der Waals surface area contributed by atoms with E-state index in [1.165, 1.54) is 5.56 Å². The topological polar surface area (TPSA) is 79.5 Å². The molecule has 2 aromatic heterocycles. The molecule has 0 bridgehead atoms. The van der Waals surface area contributed by atoms with Crippen LogP contribution in [0.5, 0.6) is 0 Å². The molecule has 37 heavy (non-hydrogen) atoms. The van der Waals surface area contributed by atoms with E-state index >= 15 is 0 Å². The monoisotopic (exact) mass is 498 g/mol. The van der Waals surface area contributed by atoms with E-state index in [1.807, 2.05) is 30.6 Å². The van der Waals surface area contributed by atoms with Gasteiger partial charge in [-0.05, 0) is 36.5 Å². The first-order valence-corrected chi connectivity index (χ1v) is 13.3. The zero-order chi connectivity index (χ0) is 25.0. The number of anilines is 1. The molecule has 0 saturated carbocycles. The van der Waals surface area contributed by atoms with Gasteiger partial charge < -0.3 is 24.2 Å². The van der Waals surface area contributed by atoms with Crippen molar-refractivity contribution in [3.8, 4) is 11.4 Å². The van der Waals surface area contributed by atoms with Gasteiger partial charge >= 0.3 is 0 Å². The van der Waals surface area contributed by atoms with Gasteiger partial charge in [0, 0.05) is 44.3 Å². The van der Waals surface area contributed by atoms with Gasteiger partial charge in [0.15, 0.2) is 22.8 Å². The third-order valence-electron chi connectivity index (χ3n) is 7.59. The Labute approximate surface area is 217 Å². The fourth-order valence-corrected chi connectivity index (χ4v) is 5.46. The van der Waals surface area contributed by atoms with Crippen molar-refractivity contribution in [1.29, 1.82) is 0 Å². The molecule has 8 heteroatoms. The Bertz CT molecular complexity index is 1330. The van der Waals surface area contributed by atoms with E-state index in [4.69, 9.17) is 19.7 Å². The zero-order valence-electron chi connectivity index (χ0n) is 21.2. The highest BCUT2D eigenvalue weighted by Crippen LogP contribution is 2.32. The van der Waals surface area contributed by atoms with Crippen LogP contribution in [0, 0.1) is 0 Å². The van der Waals surface area contributed by atoms with Crippen LogP contribution in [0.15, 0.2) is 60.9 Å². The van der Waals surface area contributed by atoms with Crippen LogP contribution in [0.1, 0.15) is 30.0 Å². The Morgan fingerprint density at radius 1 is 0.892 bits per heavy atom. The Morgan fingerprint density at radius 3 is 2.46 bits per heavy atom. The highest BCUT2D eigenvalue weighted by Gasteiger charge is 2.26. The summed E-state index contributed by atoms with van der Waals surface area (Å²) >= 11 is 0. The van der Waals surface area contributed by atoms with Crippen molar-refractivity contribution >= 4 is 17.0 Å². The number of likely N-dealkylation sites (tertiary alicyclic amines) is 1. The van der Waals surface area contributed by atoms with Crippen LogP contribution < -0.4 is 4.90 Å². The molecule has 0 aliphatic carbocycles. The van der Waals surface area contributed by atoms with Gasteiger partial charge in [0.2, 0.25) is 0 Å². The van der Waals surface area contributed by atoms with Crippen LogP contribution in [-0.4, -0.2) is 75.5 Å². The molecule has 2 aliphatic rings. The number of rotatable bonds is 7. The summed E-state index contributed by atoms with van der Waals surface area (Å²) in [5.41, 5.74) is 4.91. The van der Waals surface area contributed by atoms with Crippen molar-refractivity contribution in [3.05, 3.63) is 72.1 Å². The summed E-state index contributed by atoms with van der Waals surface area (Å²) in [7, 11) is 0. The maximum Gasteiger partial charge on any atom is 0.166 e. The highest BCUT2D eigenvalue weighted by atomic mass is 16.5. The number of aliphatic hydroxyl groups excluding tert-OH is 1. The predicted octanol–water partition coefficient (Wildman–Crippen LogP) is 3.70. The molecule has 1 N–H and O–H groups in total. The Kier molecular flexibility index (Phi) is 7.12. The fraction of sp³-hybridized carbons (Fsp3) is 0.414. The standard InChI is InChI=1S/C29H34N6O2/c36-20-23-7-4-8-24(19-23)27-31-28(34-15-17-37-18-16-34)26-29(32-27)35(21-30-26)25-10-13-33(14-11-25)12-9-22-5-2-1-3-6-22/h1-8,19,21,25,36H,9-18,20H2. The summed E-state index contributed by atoms with van der Waals surface area (Å²) in [5, 5.41) is 9.66. The van der Waals surface area contributed by atoms with E-state index in [0.29, 0.717) is 25.1 Å². The minimum atomic E-state index is -0.00676. The largest absolute Gasteiger partial charge is 0.392 e. The first kappa shape index (κ1) is 24.0. The summed E-state index contributed by atoms with van der Waals surface area (Å²) in [5.74, 6) is 1.54. The van der Waals surface area contributed by atoms with Crippen molar-refractivity contribution in [2.24, 2.45) is 0 Å². The van der Waals surface area contributed by atoms with Gasteiger partial charge in [-0.2, -0.15) is 0 Å². The number of fused-ring (bicyclic) bond motifs is 1. The number of ether oxygens (including phenoxy) is 1. The molecule has 192 valence electrons. The average molecular weight is 499 g/mol. The summed E-state index contributed by atoms with van der Waals surface area (Å²) in [6.07, 6.45) is 5.20. The van der Waals surface area contributed by atoms with Crippen LogP contribution in [0.4, 0.5) is 5.82 Å². The lowest BCUT2D eigenvalue weighted by molar-refractivity contribution is 0.122. The Hall–Kier alpha value is -3.33. The van der Waals surface area contributed by atoms with Crippen LogP contribution in [0.25, 0.3) is 22.6 Å². The van der Waals surface area contributed by atoms with Crippen molar-refractivity contribution in [2.75, 3.05) is 50.8 Å². The molecular weight excluding hydrogens is 464 g/mol. The molecule has 0 atom stereocenters. The maximum atomic E-state index is 9.66. The predicted molar refractivity (Wildman–Crippen MR) is 145 cm³/mol. The second-order valence-electron chi connectivity index (χ2n) is 9.96. The van der Waals surface area contributed by atoms with Crippen molar-refractivity contribution in [3.63, 3.8) is 0 Å². The van der Waals surface area contributed by atoms with Crippen molar-refractivity contribution in [2.45, 2.75) is 31.9 Å². The number of hydrogen-bond acceptors (Lipinski definition) is 7. The SMILES string of the molecule is OCc1cccc(-c2nc(N3CCOCC3)c3ncn(C4CCN(CCc5ccccc5)CC4)c3n2)c1. The van der Waals surface area contributed by atoms with Crippen LogP contribution in [0.3, 0.4) is 0 Å². The van der Waals surface area contributed by atoms with Crippen LogP contribution in [0.2, 0.25) is 0 Å². The lowest BCUT2D eigenvalue weighted by atomic mass is 10.0. The number of piperidine rings is 1. The number of aromatic nitrogens is 4. The van der Waals surface area contributed by atoms with Gasteiger partial charge in [-0.25, -0.2) is 15.0 Å². The molecular formula is C29H34N6O2. The van der Waals surface area contributed by atoms with Crippen molar-refractivity contribution < 1.29 is 9.84 Å². The van der Waals surface area contributed by atoms with E-state index in [0.717, 1.165) is 80.1 Å². The molecule has 0 radical (unpaired) electrons. The molecule has 0 unspecified atom stereocenters. The molecule has 0 amide bonds. The van der Waals surface area contributed by atoms with E-state index < -0.39 is 0 Å². The average Bonchev–Trinajstić information content (AvgIpc) is 3.41. The number of nitrogens with zero attached hydrogens (tertiary/aromatic N) is 6. The first-order chi connectivity index (χ1) is 18.3. The molecule has 0 spiro atoms. The molecule has 6 rings (SSSR count). The van der Waals surface area contributed by atoms with Crippen LogP contribution >= 0.6 is 0 Å². The molecule has 2 saturated heterocycles. The number of benzene rings is 2. The molecule has 4 aromatic rings.